The molecule has 5 aromatic carbocycles. The van der Waals surface area contributed by atoms with Crippen LogP contribution in [0.25, 0.3) is 28.0 Å². The second kappa shape index (κ2) is 18.4. The summed E-state index contributed by atoms with van der Waals surface area (Å²) in [5.41, 5.74) is 0.0858. The van der Waals surface area contributed by atoms with Crippen molar-refractivity contribution in [1.29, 1.82) is 0 Å². The molecule has 1 unspecified atom stereocenters. The SMILES string of the molecule is COc1cc2c3c(c4c(c2cc1OC)-c1ccc(C(F)(F)F)cc1C4(C)C)C=CC(c1ccc(F)cc1)(c1ccc(OCCOC(C)(C)CC[Si](OC(C)(C)C)(OC(C)(C)C)OC(C)(C)C)cc1)O3. The Morgan fingerprint density at radius 3 is 1.71 bits per heavy atom. The maximum Gasteiger partial charge on any atom is 0.502 e. The first-order valence-electron chi connectivity index (χ1n) is 23.5. The lowest BCUT2D eigenvalue weighted by atomic mass is 9.76. The minimum absolute atomic E-state index is 0.277. The fraction of sp³-hybridized carbons (Fsp3) is 0.464. The minimum Gasteiger partial charge on any atom is -0.493 e. The van der Waals surface area contributed by atoms with Crippen molar-refractivity contribution in [2.24, 2.45) is 0 Å². The Labute approximate surface area is 406 Å². The van der Waals surface area contributed by atoms with Crippen molar-refractivity contribution in [2.45, 2.75) is 142 Å². The highest BCUT2D eigenvalue weighted by molar-refractivity contribution is 6.61. The Morgan fingerprint density at radius 1 is 0.652 bits per heavy atom. The van der Waals surface area contributed by atoms with E-state index in [-0.39, 0.29) is 6.61 Å². The maximum absolute atomic E-state index is 14.6. The van der Waals surface area contributed by atoms with Gasteiger partial charge in [0.2, 0.25) is 0 Å². The van der Waals surface area contributed by atoms with Gasteiger partial charge in [-0.25, -0.2) is 4.39 Å². The molecule has 0 bridgehead atoms. The Balaban J connectivity index is 1.19. The van der Waals surface area contributed by atoms with E-state index in [4.69, 9.17) is 37.0 Å². The van der Waals surface area contributed by atoms with Crippen molar-refractivity contribution in [2.75, 3.05) is 27.4 Å². The molecule has 8 nitrogen and oxygen atoms in total. The van der Waals surface area contributed by atoms with E-state index in [1.807, 2.05) is 139 Å². The molecule has 0 saturated heterocycles. The number of halogens is 4. The summed E-state index contributed by atoms with van der Waals surface area (Å²) in [6.07, 6.45) is 0.0125. The number of alkyl halides is 3. The summed E-state index contributed by atoms with van der Waals surface area (Å²) in [5, 5.41) is 1.39. The normalized spacial score (nSPS) is 17.0. The van der Waals surface area contributed by atoms with Crippen LogP contribution in [-0.4, -0.2) is 58.6 Å². The molecule has 0 fully saturated rings. The predicted molar refractivity (Wildman–Crippen MR) is 266 cm³/mol. The lowest BCUT2D eigenvalue weighted by molar-refractivity contribution is -0.137. The first-order valence-corrected chi connectivity index (χ1v) is 25.4. The van der Waals surface area contributed by atoms with Gasteiger partial charge in [-0.15, -0.1) is 0 Å². The van der Waals surface area contributed by atoms with E-state index in [2.05, 4.69) is 0 Å². The van der Waals surface area contributed by atoms with Gasteiger partial charge in [0.15, 0.2) is 17.1 Å². The third kappa shape index (κ3) is 11.0. The fourth-order valence-electron chi connectivity index (χ4n) is 9.58. The van der Waals surface area contributed by atoms with Gasteiger partial charge in [0.1, 0.15) is 23.9 Å². The summed E-state index contributed by atoms with van der Waals surface area (Å²) < 4.78 is 109. The summed E-state index contributed by atoms with van der Waals surface area (Å²) >= 11 is 0. The lowest BCUT2D eigenvalue weighted by Gasteiger charge is -2.44. The second-order valence-corrected chi connectivity index (χ2v) is 24.6. The quantitative estimate of drug-likeness (QED) is 0.0584. The molecule has 0 saturated carbocycles. The first kappa shape index (κ1) is 51.9. The van der Waals surface area contributed by atoms with E-state index in [0.29, 0.717) is 64.1 Å². The standard InChI is InChI=1S/C56H68F4O8Si/c1-50(2,3)66-69(67-51(4,5)6,68-52(7,8)9)31-28-53(10,11)64-30-29-63-39-23-18-36(19-24-39)55(35-16-21-38(57)22-17-35)27-26-41-48-47(40-25-20-37(56(58,59)60)32-44(40)54(48,12)13)42-33-45(61-14)46(62-15)34-43(42)49(41)65-55/h16-27,32-34H,28-31H2,1-15H3. The summed E-state index contributed by atoms with van der Waals surface area (Å²) in [5.74, 6) is 1.60. The van der Waals surface area contributed by atoms with Crippen LogP contribution in [0.2, 0.25) is 6.04 Å². The molecule has 0 N–H and O–H groups in total. The Morgan fingerprint density at radius 2 is 1.19 bits per heavy atom. The van der Waals surface area contributed by atoms with Gasteiger partial charge in [-0.05, 0) is 165 Å². The zero-order chi connectivity index (χ0) is 50.8. The molecule has 372 valence electrons. The van der Waals surface area contributed by atoms with E-state index in [1.165, 1.54) is 18.2 Å². The van der Waals surface area contributed by atoms with Crippen LogP contribution in [0.5, 0.6) is 23.0 Å². The highest BCUT2D eigenvalue weighted by atomic mass is 28.4. The van der Waals surface area contributed by atoms with E-state index < -0.39 is 59.8 Å². The number of fused-ring (bicyclic) bond motifs is 8. The number of methoxy groups -OCH3 is 2. The molecule has 1 aliphatic carbocycles. The van der Waals surface area contributed by atoms with Gasteiger partial charge in [0.25, 0.3) is 0 Å². The lowest BCUT2D eigenvalue weighted by Crippen LogP contribution is -2.57. The van der Waals surface area contributed by atoms with Crippen LogP contribution in [-0.2, 0) is 35.2 Å². The zero-order valence-electron chi connectivity index (χ0n) is 42.8. The molecule has 0 aromatic heterocycles. The monoisotopic (exact) mass is 972 g/mol. The number of hydrogen-bond acceptors (Lipinski definition) is 8. The van der Waals surface area contributed by atoms with Gasteiger partial charge < -0.3 is 37.0 Å². The van der Waals surface area contributed by atoms with Crippen molar-refractivity contribution in [3.8, 4) is 34.1 Å². The number of rotatable bonds is 15. The van der Waals surface area contributed by atoms with E-state index >= 15 is 0 Å². The Hall–Kier alpha value is -4.92. The molecule has 0 spiro atoms. The van der Waals surface area contributed by atoms with Crippen molar-refractivity contribution in [3.63, 3.8) is 0 Å². The number of benzene rings is 5. The van der Waals surface area contributed by atoms with Crippen LogP contribution in [0.3, 0.4) is 0 Å². The highest BCUT2D eigenvalue weighted by Crippen LogP contribution is 2.59. The minimum atomic E-state index is -4.53. The predicted octanol–water partition coefficient (Wildman–Crippen LogP) is 14.6. The molecule has 5 aromatic rings. The summed E-state index contributed by atoms with van der Waals surface area (Å²) in [4.78, 5) is 0. The maximum atomic E-state index is 14.6. The number of hydrogen-bond donors (Lipinski definition) is 0. The van der Waals surface area contributed by atoms with Gasteiger partial charge in [0.05, 0.1) is 48.8 Å². The molecule has 2 aliphatic rings. The summed E-state index contributed by atoms with van der Waals surface area (Å²) in [6.45, 7) is 26.7. The summed E-state index contributed by atoms with van der Waals surface area (Å²) in [7, 11) is -0.142. The molecule has 0 amide bonds. The van der Waals surface area contributed by atoms with Gasteiger partial charge in [0, 0.05) is 33.5 Å². The molecule has 69 heavy (non-hydrogen) atoms. The van der Waals surface area contributed by atoms with Crippen molar-refractivity contribution in [3.05, 3.63) is 124 Å². The number of ether oxygens (including phenoxy) is 5. The van der Waals surface area contributed by atoms with Crippen LogP contribution in [0.15, 0.2) is 84.9 Å². The van der Waals surface area contributed by atoms with Crippen molar-refractivity contribution in [1.82, 2.24) is 0 Å². The molecular formula is C56H68F4O8Si. The largest absolute Gasteiger partial charge is 0.502 e. The van der Waals surface area contributed by atoms with Gasteiger partial charge in [-0.3, -0.25) is 0 Å². The molecule has 1 aliphatic heterocycles. The zero-order valence-corrected chi connectivity index (χ0v) is 43.8. The van der Waals surface area contributed by atoms with Gasteiger partial charge in [-0.1, -0.05) is 50.3 Å². The Kier molecular flexibility index (Phi) is 13.8. The summed E-state index contributed by atoms with van der Waals surface area (Å²) in [6, 6.07) is 21.9. The Bertz CT molecular complexity index is 2670. The van der Waals surface area contributed by atoms with Gasteiger partial charge in [-0.2, -0.15) is 13.2 Å². The van der Waals surface area contributed by atoms with Crippen LogP contribution in [0, 0.1) is 5.82 Å². The average Bonchev–Trinajstić information content (AvgIpc) is 3.48. The van der Waals surface area contributed by atoms with E-state index in [1.54, 1.807) is 32.4 Å². The van der Waals surface area contributed by atoms with Gasteiger partial charge >= 0.3 is 15.0 Å². The average molecular weight is 973 g/mol. The van der Waals surface area contributed by atoms with Crippen molar-refractivity contribution < 1.29 is 54.5 Å². The second-order valence-electron chi connectivity index (χ2n) is 22.1. The molecule has 1 heterocycles. The smallest absolute Gasteiger partial charge is 0.493 e. The van der Waals surface area contributed by atoms with E-state index in [0.717, 1.165) is 33.7 Å². The van der Waals surface area contributed by atoms with Crippen LogP contribution >= 0.6 is 0 Å². The van der Waals surface area contributed by atoms with Crippen LogP contribution < -0.4 is 18.9 Å². The highest BCUT2D eigenvalue weighted by Gasteiger charge is 2.51. The molecule has 1 atom stereocenters. The van der Waals surface area contributed by atoms with Crippen molar-refractivity contribution >= 4 is 25.7 Å². The molecule has 13 heteroatoms. The van der Waals surface area contributed by atoms with Crippen LogP contribution in [0.4, 0.5) is 17.6 Å². The topological polar surface area (TPSA) is 73.8 Å². The third-order valence-electron chi connectivity index (χ3n) is 12.3. The first-order chi connectivity index (χ1) is 31.9. The molecule has 7 rings (SSSR count). The molecule has 0 radical (unpaired) electrons. The molecular weight excluding hydrogens is 905 g/mol. The van der Waals surface area contributed by atoms with E-state index in [9.17, 15) is 17.6 Å². The van der Waals surface area contributed by atoms with Crippen LogP contribution in [0.1, 0.15) is 130 Å². The fourth-order valence-corrected chi connectivity index (χ4v) is 13.7. The third-order valence-corrected chi connectivity index (χ3v) is 15.9.